The smallest absolute Gasteiger partial charge is 0.295 e. The molecule has 5 rings (SSSR count). The monoisotopic (exact) mass is 419 g/mol. The Balaban J connectivity index is 1.65. The van der Waals surface area contributed by atoms with Crippen molar-refractivity contribution in [1.29, 1.82) is 0 Å². The number of phenolic OH excluding ortho intramolecular Hbond substituents is 1. The summed E-state index contributed by atoms with van der Waals surface area (Å²) in [7, 11) is 0. The van der Waals surface area contributed by atoms with Crippen molar-refractivity contribution in [2.75, 3.05) is 6.61 Å². The van der Waals surface area contributed by atoms with Crippen LogP contribution in [0.4, 0.5) is 0 Å². The molecule has 1 unspecified atom stereocenters. The van der Waals surface area contributed by atoms with Crippen molar-refractivity contribution < 1.29 is 24.5 Å². The van der Waals surface area contributed by atoms with Crippen LogP contribution in [0, 0.1) is 0 Å². The van der Waals surface area contributed by atoms with Gasteiger partial charge in [-0.25, -0.2) is 0 Å². The number of amides is 1. The highest BCUT2D eigenvalue weighted by atomic mass is 16.5. The third-order valence-corrected chi connectivity index (χ3v) is 6.57. The summed E-state index contributed by atoms with van der Waals surface area (Å²) in [6, 6.07) is 11.2. The van der Waals surface area contributed by atoms with Gasteiger partial charge >= 0.3 is 0 Å². The molecule has 6 heteroatoms. The normalized spacial score (nSPS) is 23.1. The number of nitrogens with zero attached hydrogens (tertiary/aromatic N) is 1. The Kier molecular flexibility index (Phi) is 4.93. The first-order valence-electron chi connectivity index (χ1n) is 10.9. The Morgan fingerprint density at radius 3 is 2.61 bits per heavy atom. The van der Waals surface area contributed by atoms with Crippen molar-refractivity contribution in [2.45, 2.75) is 50.6 Å². The standard InChI is InChI=1S/C25H25NO5/c27-19-9-3-5-16(14-19)22-21(24(29)25(30)26(22)18-7-1-2-8-18)23(28)17-10-11-20-15(13-17)6-4-12-31-20/h3,5,9-11,13-14,18,22,27-28H,1-2,4,6-8,12H2/b23-21-. The van der Waals surface area contributed by atoms with E-state index in [2.05, 4.69) is 0 Å². The molecular formula is C25H25NO5. The zero-order valence-corrected chi connectivity index (χ0v) is 17.2. The molecule has 2 aromatic carbocycles. The van der Waals surface area contributed by atoms with E-state index in [1.807, 2.05) is 6.07 Å². The van der Waals surface area contributed by atoms with Crippen LogP contribution in [0.1, 0.15) is 54.8 Å². The van der Waals surface area contributed by atoms with E-state index >= 15 is 0 Å². The highest BCUT2D eigenvalue weighted by Gasteiger charge is 2.49. The summed E-state index contributed by atoms with van der Waals surface area (Å²) in [6.07, 6.45) is 5.41. The molecule has 1 atom stereocenters. The Morgan fingerprint density at radius 1 is 1.03 bits per heavy atom. The molecule has 2 heterocycles. The summed E-state index contributed by atoms with van der Waals surface area (Å²) in [5, 5.41) is 21.3. The van der Waals surface area contributed by atoms with E-state index in [1.165, 1.54) is 0 Å². The lowest BCUT2D eigenvalue weighted by Crippen LogP contribution is -2.37. The predicted molar refractivity (Wildman–Crippen MR) is 115 cm³/mol. The van der Waals surface area contributed by atoms with E-state index in [1.54, 1.807) is 41.3 Å². The van der Waals surface area contributed by atoms with Crippen molar-refractivity contribution in [3.8, 4) is 11.5 Å². The molecule has 1 saturated heterocycles. The van der Waals surface area contributed by atoms with Crippen LogP contribution in [0.5, 0.6) is 11.5 Å². The highest BCUT2D eigenvalue weighted by molar-refractivity contribution is 6.46. The van der Waals surface area contributed by atoms with Crippen LogP contribution in [0.15, 0.2) is 48.0 Å². The van der Waals surface area contributed by atoms with Crippen LogP contribution >= 0.6 is 0 Å². The maximum atomic E-state index is 13.1. The van der Waals surface area contributed by atoms with Crippen molar-refractivity contribution in [1.82, 2.24) is 4.90 Å². The van der Waals surface area contributed by atoms with E-state index < -0.39 is 17.7 Å². The molecule has 1 aliphatic carbocycles. The Hall–Kier alpha value is -3.28. The maximum Gasteiger partial charge on any atom is 0.295 e. The number of aliphatic hydroxyl groups is 1. The van der Waals surface area contributed by atoms with Gasteiger partial charge in [-0.05, 0) is 67.1 Å². The number of carbonyl (C=O) groups excluding carboxylic acids is 2. The second-order valence-corrected chi connectivity index (χ2v) is 8.51. The molecule has 1 amide bonds. The average Bonchev–Trinajstić information content (AvgIpc) is 3.40. The molecule has 3 aliphatic rings. The lowest BCUT2D eigenvalue weighted by atomic mass is 9.93. The number of aryl methyl sites for hydroxylation is 1. The van der Waals surface area contributed by atoms with Gasteiger partial charge in [0, 0.05) is 11.6 Å². The fourth-order valence-electron chi connectivity index (χ4n) is 5.09. The number of hydrogen-bond acceptors (Lipinski definition) is 5. The molecule has 6 nitrogen and oxygen atoms in total. The fourth-order valence-corrected chi connectivity index (χ4v) is 5.09. The van der Waals surface area contributed by atoms with E-state index in [0.717, 1.165) is 49.8 Å². The van der Waals surface area contributed by atoms with Crippen LogP contribution in [-0.2, 0) is 16.0 Å². The topological polar surface area (TPSA) is 87.1 Å². The summed E-state index contributed by atoms with van der Waals surface area (Å²) in [6.45, 7) is 0.669. The molecule has 2 fully saturated rings. The number of benzene rings is 2. The summed E-state index contributed by atoms with van der Waals surface area (Å²) >= 11 is 0. The molecular weight excluding hydrogens is 394 g/mol. The molecule has 0 bridgehead atoms. The second-order valence-electron chi connectivity index (χ2n) is 8.51. The van der Waals surface area contributed by atoms with Gasteiger partial charge in [-0.1, -0.05) is 25.0 Å². The van der Waals surface area contributed by atoms with Crippen LogP contribution in [0.25, 0.3) is 5.76 Å². The number of Topliss-reactive ketones (excluding diaryl/α,β-unsaturated/α-hetero) is 1. The molecule has 31 heavy (non-hydrogen) atoms. The quantitative estimate of drug-likeness (QED) is 0.445. The number of aliphatic hydroxyl groups excluding tert-OH is 1. The lowest BCUT2D eigenvalue weighted by molar-refractivity contribution is -0.141. The van der Waals surface area contributed by atoms with Gasteiger partial charge in [-0.3, -0.25) is 9.59 Å². The third-order valence-electron chi connectivity index (χ3n) is 6.57. The van der Waals surface area contributed by atoms with Gasteiger partial charge in [0.1, 0.15) is 17.3 Å². The minimum absolute atomic E-state index is 0.0500. The summed E-state index contributed by atoms with van der Waals surface area (Å²) in [5.74, 6) is -0.588. The van der Waals surface area contributed by atoms with Crippen LogP contribution in [-0.4, -0.2) is 39.5 Å². The zero-order valence-electron chi connectivity index (χ0n) is 17.2. The van der Waals surface area contributed by atoms with Crippen molar-refractivity contribution in [3.05, 3.63) is 64.7 Å². The van der Waals surface area contributed by atoms with Crippen LogP contribution < -0.4 is 4.74 Å². The van der Waals surface area contributed by atoms with Gasteiger partial charge in [0.05, 0.1) is 18.2 Å². The van der Waals surface area contributed by atoms with Gasteiger partial charge in [0.2, 0.25) is 0 Å². The largest absolute Gasteiger partial charge is 0.508 e. The number of carbonyl (C=O) groups is 2. The fraction of sp³-hybridized carbons (Fsp3) is 0.360. The van der Waals surface area contributed by atoms with Gasteiger partial charge in [-0.15, -0.1) is 0 Å². The first kappa shape index (κ1) is 19.7. The second kappa shape index (κ2) is 7.76. The Bertz CT molecular complexity index is 1080. The third kappa shape index (κ3) is 3.36. The summed E-state index contributed by atoms with van der Waals surface area (Å²) in [5.41, 5.74) is 2.18. The average molecular weight is 419 g/mol. The first-order chi connectivity index (χ1) is 15.0. The van der Waals surface area contributed by atoms with Gasteiger partial charge in [0.25, 0.3) is 11.7 Å². The van der Waals surface area contributed by atoms with Crippen molar-refractivity contribution in [2.24, 2.45) is 0 Å². The highest BCUT2D eigenvalue weighted by Crippen LogP contribution is 2.44. The SMILES string of the molecule is O=C1C(=O)N(C2CCCC2)C(c2cccc(O)c2)/C1=C(/O)c1ccc2c(c1)CCCO2. The van der Waals surface area contributed by atoms with E-state index in [9.17, 15) is 19.8 Å². The number of phenols is 1. The van der Waals surface area contributed by atoms with Crippen LogP contribution in [0.3, 0.4) is 0 Å². The molecule has 2 N–H and O–H groups in total. The molecule has 0 spiro atoms. The number of rotatable bonds is 3. The Labute approximate surface area is 180 Å². The molecule has 0 radical (unpaired) electrons. The number of hydrogen-bond donors (Lipinski definition) is 2. The number of likely N-dealkylation sites (tertiary alicyclic amines) is 1. The number of ketones is 1. The minimum Gasteiger partial charge on any atom is -0.508 e. The molecule has 160 valence electrons. The number of ether oxygens (including phenoxy) is 1. The van der Waals surface area contributed by atoms with Gasteiger partial charge < -0.3 is 19.8 Å². The Morgan fingerprint density at radius 2 is 1.84 bits per heavy atom. The zero-order chi connectivity index (χ0) is 21.5. The van der Waals surface area contributed by atoms with Gasteiger partial charge in [-0.2, -0.15) is 0 Å². The summed E-state index contributed by atoms with van der Waals surface area (Å²) < 4.78 is 5.66. The maximum absolute atomic E-state index is 13.1. The molecule has 2 aromatic rings. The molecule has 2 aliphatic heterocycles. The van der Waals surface area contributed by atoms with Gasteiger partial charge in [0.15, 0.2) is 0 Å². The van der Waals surface area contributed by atoms with E-state index in [-0.39, 0.29) is 23.1 Å². The van der Waals surface area contributed by atoms with Crippen molar-refractivity contribution >= 4 is 17.4 Å². The van der Waals surface area contributed by atoms with E-state index in [0.29, 0.717) is 17.7 Å². The number of aromatic hydroxyl groups is 1. The molecule has 0 aromatic heterocycles. The summed E-state index contributed by atoms with van der Waals surface area (Å²) in [4.78, 5) is 27.9. The lowest BCUT2D eigenvalue weighted by Gasteiger charge is -2.30. The predicted octanol–water partition coefficient (Wildman–Crippen LogP) is 4.08. The van der Waals surface area contributed by atoms with Crippen molar-refractivity contribution in [3.63, 3.8) is 0 Å². The minimum atomic E-state index is -0.720. The van der Waals surface area contributed by atoms with E-state index in [4.69, 9.17) is 4.74 Å². The first-order valence-corrected chi connectivity index (χ1v) is 10.9. The molecule has 1 saturated carbocycles. The van der Waals surface area contributed by atoms with Crippen LogP contribution in [0.2, 0.25) is 0 Å². The number of fused-ring (bicyclic) bond motifs is 1.